The summed E-state index contributed by atoms with van der Waals surface area (Å²) in [5.74, 6) is 0. The zero-order valence-electron chi connectivity index (χ0n) is 12.9. The minimum Gasteiger partial charge on any atom is -0.393 e. The molecule has 5 nitrogen and oxygen atoms in total. The molecule has 2 N–H and O–H groups in total. The maximum absolute atomic E-state index is 11.9. The average Bonchev–Trinajstić information content (AvgIpc) is 2.87. The molecule has 1 unspecified atom stereocenters. The lowest BCUT2D eigenvalue weighted by atomic mass is 10.0. The van der Waals surface area contributed by atoms with Gasteiger partial charge in [0, 0.05) is 31.4 Å². The van der Waals surface area contributed by atoms with Crippen molar-refractivity contribution in [2.75, 3.05) is 20.1 Å². The molecule has 2 amide bonds. The number of aliphatic hydroxyl groups excluding tert-OH is 1. The van der Waals surface area contributed by atoms with Gasteiger partial charge in [0.25, 0.3) is 0 Å². The lowest BCUT2D eigenvalue weighted by molar-refractivity contribution is 0.163. The van der Waals surface area contributed by atoms with E-state index < -0.39 is 0 Å². The van der Waals surface area contributed by atoms with E-state index in [1.165, 1.54) is 29.8 Å². The van der Waals surface area contributed by atoms with E-state index in [2.05, 4.69) is 10.3 Å². The van der Waals surface area contributed by atoms with Crippen LogP contribution >= 0.6 is 11.3 Å². The fraction of sp³-hybridized carbons (Fsp3) is 0.733. The maximum atomic E-state index is 11.9. The monoisotopic (exact) mass is 311 g/mol. The third-order valence-corrected chi connectivity index (χ3v) is 4.95. The van der Waals surface area contributed by atoms with E-state index in [1.807, 2.05) is 0 Å². The molecule has 1 aliphatic rings. The van der Waals surface area contributed by atoms with Crippen LogP contribution < -0.4 is 5.32 Å². The van der Waals surface area contributed by atoms with Gasteiger partial charge in [-0.3, -0.25) is 0 Å². The molecular formula is C15H25N3O2S. The smallest absolute Gasteiger partial charge is 0.317 e. The van der Waals surface area contributed by atoms with Gasteiger partial charge in [-0.25, -0.2) is 9.78 Å². The highest BCUT2D eigenvalue weighted by Crippen LogP contribution is 2.26. The third-order valence-electron chi connectivity index (χ3n) is 3.73. The topological polar surface area (TPSA) is 65.5 Å². The Bertz CT molecular complexity index is 450. The molecule has 118 valence electrons. The van der Waals surface area contributed by atoms with Crippen LogP contribution in [0, 0.1) is 0 Å². The summed E-state index contributed by atoms with van der Waals surface area (Å²) in [5, 5.41) is 13.3. The van der Waals surface area contributed by atoms with Crippen molar-refractivity contribution in [2.24, 2.45) is 0 Å². The second kappa shape index (κ2) is 7.75. The largest absolute Gasteiger partial charge is 0.393 e. The number of nitrogens with zero attached hydrogens (tertiary/aromatic N) is 2. The summed E-state index contributed by atoms with van der Waals surface area (Å²) in [7, 11) is 1.75. The van der Waals surface area contributed by atoms with Gasteiger partial charge in [0.05, 0.1) is 16.8 Å². The van der Waals surface area contributed by atoms with Gasteiger partial charge in [-0.2, -0.15) is 0 Å². The van der Waals surface area contributed by atoms with Gasteiger partial charge < -0.3 is 15.3 Å². The van der Waals surface area contributed by atoms with Crippen molar-refractivity contribution in [3.63, 3.8) is 0 Å². The number of amides is 2. The lowest BCUT2D eigenvalue weighted by Gasteiger charge is -2.18. The number of fused-ring (bicyclic) bond motifs is 1. The van der Waals surface area contributed by atoms with Crippen LogP contribution in [0.3, 0.4) is 0 Å². The summed E-state index contributed by atoms with van der Waals surface area (Å²) in [6, 6.07) is -0.0861. The highest BCUT2D eigenvalue weighted by Gasteiger charge is 2.15. The van der Waals surface area contributed by atoms with Crippen LogP contribution in [-0.2, 0) is 19.3 Å². The van der Waals surface area contributed by atoms with E-state index in [1.54, 1.807) is 30.2 Å². The standard InChI is InChI=1S/C15H25N3O2S/c1-11(19)8-10-18(2)15(20)16-9-7-14-17-12-5-3-4-6-13(12)21-14/h11,19H,3-10H2,1-2H3,(H,16,20). The fourth-order valence-corrected chi connectivity index (χ4v) is 3.56. The average molecular weight is 311 g/mol. The molecule has 0 bridgehead atoms. The first-order valence-corrected chi connectivity index (χ1v) is 8.52. The molecule has 0 aromatic carbocycles. The van der Waals surface area contributed by atoms with Gasteiger partial charge in [0.15, 0.2) is 0 Å². The van der Waals surface area contributed by atoms with Gasteiger partial charge in [0.2, 0.25) is 0 Å². The van der Waals surface area contributed by atoms with Crippen LogP contribution in [0.25, 0.3) is 0 Å². The van der Waals surface area contributed by atoms with Crippen LogP contribution in [0.1, 0.15) is 41.8 Å². The minimum absolute atomic E-state index is 0.0861. The lowest BCUT2D eigenvalue weighted by Crippen LogP contribution is -2.39. The molecule has 1 aromatic rings. The summed E-state index contributed by atoms with van der Waals surface area (Å²) in [4.78, 5) is 19.6. The summed E-state index contributed by atoms with van der Waals surface area (Å²) < 4.78 is 0. The molecule has 0 saturated carbocycles. The van der Waals surface area contributed by atoms with Crippen molar-refractivity contribution in [1.29, 1.82) is 0 Å². The number of rotatable bonds is 6. The Morgan fingerprint density at radius 2 is 2.24 bits per heavy atom. The number of hydrogen-bond donors (Lipinski definition) is 2. The normalized spacial score (nSPS) is 15.4. The van der Waals surface area contributed by atoms with Crippen LogP contribution in [0.4, 0.5) is 4.79 Å². The molecule has 6 heteroatoms. The Balaban J connectivity index is 1.71. The van der Waals surface area contributed by atoms with Crippen molar-refractivity contribution in [3.05, 3.63) is 15.6 Å². The first kappa shape index (κ1) is 16.2. The highest BCUT2D eigenvalue weighted by molar-refractivity contribution is 7.11. The van der Waals surface area contributed by atoms with Crippen LogP contribution in [0.15, 0.2) is 0 Å². The zero-order chi connectivity index (χ0) is 15.2. The number of aliphatic hydroxyl groups is 1. The molecule has 0 saturated heterocycles. The third kappa shape index (κ3) is 4.97. The number of carbonyl (C=O) groups excluding carboxylic acids is 1. The van der Waals surface area contributed by atoms with Crippen molar-refractivity contribution in [3.8, 4) is 0 Å². The van der Waals surface area contributed by atoms with E-state index in [0.29, 0.717) is 19.5 Å². The van der Waals surface area contributed by atoms with E-state index in [-0.39, 0.29) is 12.1 Å². The number of carbonyl (C=O) groups is 1. The number of thiazole rings is 1. The van der Waals surface area contributed by atoms with E-state index >= 15 is 0 Å². The predicted molar refractivity (Wildman–Crippen MR) is 84.8 cm³/mol. The highest BCUT2D eigenvalue weighted by atomic mass is 32.1. The van der Waals surface area contributed by atoms with Crippen LogP contribution in [0.5, 0.6) is 0 Å². The van der Waals surface area contributed by atoms with Crippen LogP contribution in [0.2, 0.25) is 0 Å². The Morgan fingerprint density at radius 3 is 2.95 bits per heavy atom. The van der Waals surface area contributed by atoms with Crippen molar-refractivity contribution in [1.82, 2.24) is 15.2 Å². The minimum atomic E-state index is -0.373. The molecule has 0 radical (unpaired) electrons. The zero-order valence-corrected chi connectivity index (χ0v) is 13.7. The van der Waals surface area contributed by atoms with Gasteiger partial charge in [0.1, 0.15) is 0 Å². The summed E-state index contributed by atoms with van der Waals surface area (Å²) in [6.45, 7) is 2.91. The van der Waals surface area contributed by atoms with Gasteiger partial charge in [-0.1, -0.05) is 0 Å². The predicted octanol–water partition coefficient (Wildman–Crippen LogP) is 1.98. The van der Waals surface area contributed by atoms with E-state index in [0.717, 1.165) is 17.8 Å². The van der Waals surface area contributed by atoms with Crippen molar-refractivity contribution >= 4 is 17.4 Å². The Kier molecular flexibility index (Phi) is 5.99. The summed E-state index contributed by atoms with van der Waals surface area (Å²) in [6.07, 6.45) is 5.83. The fourth-order valence-electron chi connectivity index (χ4n) is 2.41. The quantitative estimate of drug-likeness (QED) is 0.844. The number of nitrogens with one attached hydrogen (secondary N) is 1. The number of hydrogen-bond acceptors (Lipinski definition) is 4. The molecule has 21 heavy (non-hydrogen) atoms. The van der Waals surface area contributed by atoms with Crippen molar-refractivity contribution < 1.29 is 9.90 Å². The van der Waals surface area contributed by atoms with E-state index in [4.69, 9.17) is 0 Å². The first-order valence-electron chi connectivity index (χ1n) is 7.70. The molecule has 1 heterocycles. The SMILES string of the molecule is CC(O)CCN(C)C(=O)NCCc1nc2c(s1)CCCC2. The van der Waals surface area contributed by atoms with Crippen LogP contribution in [-0.4, -0.2) is 47.3 Å². The molecule has 0 spiro atoms. The first-order chi connectivity index (χ1) is 10.1. The molecule has 1 atom stereocenters. The second-order valence-corrected chi connectivity index (χ2v) is 6.89. The molecular weight excluding hydrogens is 286 g/mol. The second-order valence-electron chi connectivity index (χ2n) is 5.73. The molecule has 1 aliphatic carbocycles. The Morgan fingerprint density at radius 1 is 1.48 bits per heavy atom. The molecule has 0 aliphatic heterocycles. The molecule has 0 fully saturated rings. The molecule has 2 rings (SSSR count). The summed E-state index contributed by atoms with van der Waals surface area (Å²) >= 11 is 1.80. The summed E-state index contributed by atoms with van der Waals surface area (Å²) in [5.41, 5.74) is 1.28. The Hall–Kier alpha value is -1.14. The Labute approximate surface area is 130 Å². The van der Waals surface area contributed by atoms with Gasteiger partial charge in [-0.05, 0) is 39.0 Å². The van der Waals surface area contributed by atoms with E-state index in [9.17, 15) is 9.90 Å². The number of aromatic nitrogens is 1. The molecule has 1 aromatic heterocycles. The number of aryl methyl sites for hydroxylation is 2. The van der Waals surface area contributed by atoms with Gasteiger partial charge >= 0.3 is 6.03 Å². The number of urea groups is 1. The van der Waals surface area contributed by atoms with Crippen molar-refractivity contribution in [2.45, 2.75) is 51.6 Å². The van der Waals surface area contributed by atoms with Gasteiger partial charge in [-0.15, -0.1) is 11.3 Å². The maximum Gasteiger partial charge on any atom is 0.317 e.